The summed E-state index contributed by atoms with van der Waals surface area (Å²) in [5.74, 6) is 1.17. The van der Waals surface area contributed by atoms with Gasteiger partial charge in [0.05, 0.1) is 25.0 Å². The molecule has 1 N–H and O–H groups in total. The van der Waals surface area contributed by atoms with E-state index in [0.29, 0.717) is 11.7 Å². The molecule has 27 heavy (non-hydrogen) atoms. The van der Waals surface area contributed by atoms with Gasteiger partial charge in [-0.15, -0.1) is 0 Å². The van der Waals surface area contributed by atoms with Gasteiger partial charge in [-0.05, 0) is 35.2 Å². The van der Waals surface area contributed by atoms with E-state index in [1.807, 2.05) is 6.07 Å². The van der Waals surface area contributed by atoms with Gasteiger partial charge in [-0.1, -0.05) is 41.5 Å². The van der Waals surface area contributed by atoms with Gasteiger partial charge >= 0.3 is 0 Å². The van der Waals surface area contributed by atoms with Gasteiger partial charge in [-0.2, -0.15) is 0 Å². The zero-order valence-corrected chi connectivity index (χ0v) is 17.2. The molecule has 0 aliphatic rings. The van der Waals surface area contributed by atoms with Gasteiger partial charge in [0, 0.05) is 22.2 Å². The summed E-state index contributed by atoms with van der Waals surface area (Å²) in [5.41, 5.74) is 4.35. The summed E-state index contributed by atoms with van der Waals surface area (Å²) >= 11 is 0. The summed E-state index contributed by atoms with van der Waals surface area (Å²) in [7, 11) is 1.60. The highest BCUT2D eigenvalue weighted by Crippen LogP contribution is 2.34. The number of pyridine rings is 1. The van der Waals surface area contributed by atoms with Gasteiger partial charge in [-0.3, -0.25) is 4.98 Å². The Bertz CT molecular complexity index is 951. The van der Waals surface area contributed by atoms with Crippen LogP contribution in [0.1, 0.15) is 52.8 Å². The molecule has 0 radical (unpaired) electrons. The van der Waals surface area contributed by atoms with Crippen LogP contribution in [0.5, 0.6) is 5.75 Å². The van der Waals surface area contributed by atoms with E-state index < -0.39 is 0 Å². The maximum atomic E-state index is 5.11. The molecule has 0 spiro atoms. The number of nitrogens with one attached hydrogen (secondary N) is 1. The molecule has 0 saturated heterocycles. The summed E-state index contributed by atoms with van der Waals surface area (Å²) in [4.78, 5) is 13.5. The topological polar surface area (TPSA) is 59.9 Å². The Morgan fingerprint density at radius 3 is 2.11 bits per heavy atom. The van der Waals surface area contributed by atoms with Crippen molar-refractivity contribution in [1.82, 2.24) is 15.0 Å². The lowest BCUT2D eigenvalue weighted by atomic mass is 9.81. The third-order valence-electron chi connectivity index (χ3n) is 4.51. The minimum atomic E-state index is 0.00203. The highest BCUT2D eigenvalue weighted by Gasteiger charge is 2.23. The van der Waals surface area contributed by atoms with Crippen LogP contribution < -0.4 is 10.1 Å². The van der Waals surface area contributed by atoms with Crippen molar-refractivity contribution in [2.24, 2.45) is 0 Å². The lowest BCUT2D eigenvalue weighted by Gasteiger charge is -2.26. The van der Waals surface area contributed by atoms with E-state index in [1.165, 1.54) is 5.56 Å². The quantitative estimate of drug-likeness (QED) is 0.677. The smallest absolute Gasteiger partial charge is 0.227 e. The number of benzene rings is 1. The van der Waals surface area contributed by atoms with Crippen LogP contribution in [0.25, 0.3) is 10.9 Å². The van der Waals surface area contributed by atoms with Crippen LogP contribution in [0.2, 0.25) is 0 Å². The summed E-state index contributed by atoms with van der Waals surface area (Å²) in [6.07, 6.45) is 3.29. The van der Waals surface area contributed by atoms with E-state index in [-0.39, 0.29) is 10.8 Å². The first-order valence-corrected chi connectivity index (χ1v) is 9.17. The van der Waals surface area contributed by atoms with Gasteiger partial charge in [0.2, 0.25) is 5.95 Å². The molecule has 2 aromatic heterocycles. The Labute approximate surface area is 161 Å². The van der Waals surface area contributed by atoms with Gasteiger partial charge in [0.15, 0.2) is 5.75 Å². The van der Waals surface area contributed by atoms with Crippen molar-refractivity contribution < 1.29 is 4.74 Å². The van der Waals surface area contributed by atoms with Crippen LogP contribution in [0.15, 0.2) is 36.7 Å². The molecule has 5 heteroatoms. The molecule has 0 atom stereocenters. The van der Waals surface area contributed by atoms with Gasteiger partial charge in [-0.25, -0.2) is 9.97 Å². The molecule has 0 saturated carbocycles. The molecule has 142 valence electrons. The molecule has 3 rings (SSSR count). The summed E-state index contributed by atoms with van der Waals surface area (Å²) in [6.45, 7) is 13.3. The van der Waals surface area contributed by atoms with Crippen molar-refractivity contribution in [2.45, 2.75) is 52.4 Å². The van der Waals surface area contributed by atoms with E-state index in [4.69, 9.17) is 9.72 Å². The fourth-order valence-electron chi connectivity index (χ4n) is 2.92. The largest absolute Gasteiger partial charge is 0.494 e. The summed E-state index contributed by atoms with van der Waals surface area (Å²) < 4.78 is 5.11. The van der Waals surface area contributed by atoms with Gasteiger partial charge < -0.3 is 10.1 Å². The minimum absolute atomic E-state index is 0.00203. The Balaban J connectivity index is 2.07. The van der Waals surface area contributed by atoms with Crippen LogP contribution in [0, 0.1) is 0 Å². The number of nitrogens with zero attached hydrogens (tertiary/aromatic N) is 3. The number of hydrogen-bond acceptors (Lipinski definition) is 5. The molecule has 1 aromatic carbocycles. The van der Waals surface area contributed by atoms with E-state index in [0.717, 1.165) is 22.3 Å². The molecule has 0 aliphatic carbocycles. The lowest BCUT2D eigenvalue weighted by Crippen LogP contribution is -2.18. The van der Waals surface area contributed by atoms with Crippen molar-refractivity contribution in [3.63, 3.8) is 0 Å². The standard InChI is InChI=1S/C22H28N4O/c1-21(2,3)17-11-19(22(4,5)6)26-18-9-8-14(10-16(17)18)25-20-23-12-15(27-7)13-24-20/h8-13H,1-7H3,(H,23,24,25). The third kappa shape index (κ3) is 4.18. The number of aromatic nitrogens is 3. The molecule has 0 aliphatic heterocycles. The maximum absolute atomic E-state index is 5.11. The van der Waals surface area contributed by atoms with Crippen molar-refractivity contribution in [1.29, 1.82) is 0 Å². The zero-order valence-electron chi connectivity index (χ0n) is 17.2. The summed E-state index contributed by atoms with van der Waals surface area (Å²) in [5, 5.41) is 4.41. The number of methoxy groups -OCH3 is 1. The number of rotatable bonds is 3. The fraction of sp³-hybridized carbons (Fsp3) is 0.409. The molecule has 0 unspecified atom stereocenters. The van der Waals surface area contributed by atoms with E-state index in [2.05, 4.69) is 75.0 Å². The second-order valence-electron chi connectivity index (χ2n) is 8.86. The minimum Gasteiger partial charge on any atom is -0.494 e. The van der Waals surface area contributed by atoms with Crippen molar-refractivity contribution >= 4 is 22.5 Å². The molecule has 5 nitrogen and oxygen atoms in total. The molecular formula is C22H28N4O. The number of fused-ring (bicyclic) bond motifs is 1. The monoisotopic (exact) mass is 364 g/mol. The van der Waals surface area contributed by atoms with E-state index in [9.17, 15) is 0 Å². The van der Waals surface area contributed by atoms with Crippen molar-refractivity contribution in [3.8, 4) is 5.75 Å². The Morgan fingerprint density at radius 1 is 0.889 bits per heavy atom. The number of hydrogen-bond donors (Lipinski definition) is 1. The van der Waals surface area contributed by atoms with Crippen LogP contribution in [0.3, 0.4) is 0 Å². The maximum Gasteiger partial charge on any atom is 0.227 e. The second kappa shape index (κ2) is 6.80. The average molecular weight is 364 g/mol. The fourth-order valence-corrected chi connectivity index (χ4v) is 2.92. The average Bonchev–Trinajstić information content (AvgIpc) is 2.59. The highest BCUT2D eigenvalue weighted by molar-refractivity contribution is 5.87. The summed E-state index contributed by atoms with van der Waals surface area (Å²) in [6, 6.07) is 8.45. The molecule has 3 aromatic rings. The van der Waals surface area contributed by atoms with Crippen LogP contribution in [-0.2, 0) is 10.8 Å². The molecule has 0 bridgehead atoms. The second-order valence-corrected chi connectivity index (χ2v) is 8.86. The zero-order chi connectivity index (χ0) is 19.8. The first-order valence-electron chi connectivity index (χ1n) is 9.17. The SMILES string of the molecule is COc1cnc(Nc2ccc3nc(C(C)(C)C)cc(C(C)(C)C)c3c2)nc1. The van der Waals surface area contributed by atoms with E-state index in [1.54, 1.807) is 19.5 Å². The molecule has 2 heterocycles. The Morgan fingerprint density at radius 2 is 1.56 bits per heavy atom. The normalized spacial score (nSPS) is 12.3. The number of anilines is 2. The Kier molecular flexibility index (Phi) is 4.81. The first-order chi connectivity index (χ1) is 12.6. The van der Waals surface area contributed by atoms with E-state index >= 15 is 0 Å². The van der Waals surface area contributed by atoms with Gasteiger partial charge in [0.1, 0.15) is 0 Å². The van der Waals surface area contributed by atoms with Crippen LogP contribution in [0.4, 0.5) is 11.6 Å². The Hall–Kier alpha value is -2.69. The van der Waals surface area contributed by atoms with Crippen LogP contribution >= 0.6 is 0 Å². The van der Waals surface area contributed by atoms with Crippen molar-refractivity contribution in [2.75, 3.05) is 12.4 Å². The predicted molar refractivity (Wildman–Crippen MR) is 111 cm³/mol. The molecular weight excluding hydrogens is 336 g/mol. The molecule has 0 fully saturated rings. The van der Waals surface area contributed by atoms with Gasteiger partial charge in [0.25, 0.3) is 0 Å². The predicted octanol–water partition coefficient (Wildman–Crippen LogP) is 5.37. The lowest BCUT2D eigenvalue weighted by molar-refractivity contribution is 0.411. The highest BCUT2D eigenvalue weighted by atomic mass is 16.5. The van der Waals surface area contributed by atoms with Crippen molar-refractivity contribution in [3.05, 3.63) is 47.9 Å². The molecule has 0 amide bonds. The number of ether oxygens (including phenoxy) is 1. The first kappa shape index (κ1) is 19.1. The third-order valence-corrected chi connectivity index (χ3v) is 4.51. The van der Waals surface area contributed by atoms with Crippen LogP contribution in [-0.4, -0.2) is 22.1 Å².